The van der Waals surface area contributed by atoms with Crippen molar-refractivity contribution >= 4 is 17.9 Å². The van der Waals surface area contributed by atoms with Crippen molar-refractivity contribution in [2.45, 2.75) is 32.8 Å². The van der Waals surface area contributed by atoms with Crippen molar-refractivity contribution in [2.24, 2.45) is 4.99 Å². The van der Waals surface area contributed by atoms with Crippen LogP contribution < -0.4 is 5.32 Å². The highest BCUT2D eigenvalue weighted by molar-refractivity contribution is 5.67. The standard InChI is InChI=1S/C14H18N2O3/c1-14(2,3)19-13(18)15-8-7-11-5-4-6-12(9-11)16-10-17/h4-6,9H,7-8H2,1-3H3,(H,15,18). The van der Waals surface area contributed by atoms with E-state index >= 15 is 0 Å². The topological polar surface area (TPSA) is 67.8 Å². The van der Waals surface area contributed by atoms with Crippen LogP contribution in [0.4, 0.5) is 10.5 Å². The molecule has 0 saturated carbocycles. The van der Waals surface area contributed by atoms with E-state index in [2.05, 4.69) is 10.3 Å². The lowest BCUT2D eigenvalue weighted by Crippen LogP contribution is -2.33. The van der Waals surface area contributed by atoms with E-state index < -0.39 is 11.7 Å². The van der Waals surface area contributed by atoms with Gasteiger partial charge in [0.2, 0.25) is 6.08 Å². The van der Waals surface area contributed by atoms with Crippen LogP contribution in [0.1, 0.15) is 26.3 Å². The highest BCUT2D eigenvalue weighted by Crippen LogP contribution is 2.13. The maximum absolute atomic E-state index is 11.4. The Morgan fingerprint density at radius 1 is 1.42 bits per heavy atom. The number of rotatable bonds is 4. The van der Waals surface area contributed by atoms with Crippen molar-refractivity contribution in [3.05, 3.63) is 29.8 Å². The third-order valence-corrected chi connectivity index (χ3v) is 2.17. The van der Waals surface area contributed by atoms with Crippen molar-refractivity contribution in [1.82, 2.24) is 5.32 Å². The largest absolute Gasteiger partial charge is 0.444 e. The highest BCUT2D eigenvalue weighted by Gasteiger charge is 2.15. The Morgan fingerprint density at radius 3 is 2.79 bits per heavy atom. The predicted octanol–water partition coefficient (Wildman–Crippen LogP) is 2.72. The molecular formula is C14H18N2O3. The third-order valence-electron chi connectivity index (χ3n) is 2.17. The summed E-state index contributed by atoms with van der Waals surface area (Å²) in [5.74, 6) is 0. The zero-order valence-corrected chi connectivity index (χ0v) is 11.4. The first-order valence-corrected chi connectivity index (χ1v) is 6.04. The molecule has 1 aromatic carbocycles. The first-order chi connectivity index (χ1) is 8.90. The summed E-state index contributed by atoms with van der Waals surface area (Å²) >= 11 is 0. The van der Waals surface area contributed by atoms with Gasteiger partial charge in [0.25, 0.3) is 0 Å². The monoisotopic (exact) mass is 262 g/mol. The lowest BCUT2D eigenvalue weighted by molar-refractivity contribution is 0.0528. The van der Waals surface area contributed by atoms with Crippen LogP contribution in [0, 0.1) is 0 Å². The van der Waals surface area contributed by atoms with Gasteiger partial charge >= 0.3 is 6.09 Å². The number of nitrogens with zero attached hydrogens (tertiary/aromatic N) is 1. The molecule has 0 aliphatic rings. The molecule has 1 N–H and O–H groups in total. The number of ether oxygens (including phenoxy) is 1. The second kappa shape index (κ2) is 6.71. The SMILES string of the molecule is CC(C)(C)OC(=O)NCCc1cccc(N=C=O)c1. The fourth-order valence-electron chi connectivity index (χ4n) is 1.46. The zero-order valence-electron chi connectivity index (χ0n) is 11.4. The van der Waals surface area contributed by atoms with Gasteiger partial charge in [-0.15, -0.1) is 0 Å². The van der Waals surface area contributed by atoms with Crippen LogP contribution in [-0.2, 0) is 16.0 Å². The minimum absolute atomic E-state index is 0.436. The molecule has 0 unspecified atom stereocenters. The molecule has 1 rings (SSSR count). The zero-order chi connectivity index (χ0) is 14.3. The van der Waals surface area contributed by atoms with Crippen molar-refractivity contribution < 1.29 is 14.3 Å². The van der Waals surface area contributed by atoms with Crippen LogP contribution in [0.15, 0.2) is 29.3 Å². The van der Waals surface area contributed by atoms with E-state index in [1.807, 2.05) is 26.8 Å². The average Bonchev–Trinajstić information content (AvgIpc) is 2.27. The Hall–Kier alpha value is -2.13. The van der Waals surface area contributed by atoms with E-state index in [0.717, 1.165) is 5.56 Å². The Morgan fingerprint density at radius 2 is 2.16 bits per heavy atom. The van der Waals surface area contributed by atoms with Crippen LogP contribution in [0.25, 0.3) is 0 Å². The van der Waals surface area contributed by atoms with E-state index in [1.165, 1.54) is 6.08 Å². The van der Waals surface area contributed by atoms with Crippen LogP contribution in [-0.4, -0.2) is 24.3 Å². The molecule has 0 radical (unpaired) electrons. The van der Waals surface area contributed by atoms with Gasteiger partial charge in [-0.25, -0.2) is 9.59 Å². The lowest BCUT2D eigenvalue weighted by atomic mass is 10.1. The molecule has 0 atom stereocenters. The normalized spacial score (nSPS) is 10.5. The molecule has 5 heteroatoms. The minimum Gasteiger partial charge on any atom is -0.444 e. The molecule has 1 aromatic rings. The van der Waals surface area contributed by atoms with Crippen molar-refractivity contribution in [3.63, 3.8) is 0 Å². The molecule has 0 aliphatic heterocycles. The quantitative estimate of drug-likeness (QED) is 0.670. The van der Waals surface area contributed by atoms with Gasteiger partial charge in [0.1, 0.15) is 5.60 Å². The molecule has 0 aliphatic carbocycles. The molecule has 0 saturated heterocycles. The van der Waals surface area contributed by atoms with E-state index in [1.54, 1.807) is 18.2 Å². The maximum Gasteiger partial charge on any atom is 0.407 e. The number of isocyanates is 1. The summed E-state index contributed by atoms with van der Waals surface area (Å²) in [4.78, 5) is 25.1. The van der Waals surface area contributed by atoms with Gasteiger partial charge < -0.3 is 10.1 Å². The van der Waals surface area contributed by atoms with Gasteiger partial charge in [-0.05, 0) is 44.9 Å². The molecule has 1 amide bonds. The summed E-state index contributed by atoms with van der Waals surface area (Å²) in [5, 5.41) is 2.67. The summed E-state index contributed by atoms with van der Waals surface area (Å²) < 4.78 is 5.12. The molecule has 102 valence electrons. The van der Waals surface area contributed by atoms with Crippen LogP contribution in [0.5, 0.6) is 0 Å². The Bertz CT molecular complexity index is 486. The van der Waals surface area contributed by atoms with Crippen LogP contribution >= 0.6 is 0 Å². The van der Waals surface area contributed by atoms with Gasteiger partial charge in [-0.2, -0.15) is 4.99 Å². The average molecular weight is 262 g/mol. The number of nitrogens with one attached hydrogen (secondary N) is 1. The first kappa shape index (κ1) is 14.9. The second-order valence-corrected chi connectivity index (χ2v) is 5.05. The smallest absolute Gasteiger partial charge is 0.407 e. The molecule has 0 fully saturated rings. The van der Waals surface area contributed by atoms with Crippen molar-refractivity contribution in [3.8, 4) is 0 Å². The summed E-state index contributed by atoms with van der Waals surface area (Å²) in [6.45, 7) is 5.90. The lowest BCUT2D eigenvalue weighted by Gasteiger charge is -2.19. The number of alkyl carbamates (subject to hydrolysis) is 1. The third kappa shape index (κ3) is 6.38. The van der Waals surface area contributed by atoms with Gasteiger partial charge in [-0.1, -0.05) is 12.1 Å². The van der Waals surface area contributed by atoms with Crippen molar-refractivity contribution in [2.75, 3.05) is 6.54 Å². The molecule has 5 nitrogen and oxygen atoms in total. The van der Waals surface area contributed by atoms with E-state index in [9.17, 15) is 9.59 Å². The fraction of sp³-hybridized carbons (Fsp3) is 0.429. The van der Waals surface area contributed by atoms with Gasteiger partial charge in [0.15, 0.2) is 0 Å². The number of benzene rings is 1. The molecule has 0 heterocycles. The fourth-order valence-corrected chi connectivity index (χ4v) is 1.46. The number of carbonyl (C=O) groups is 1. The van der Waals surface area contributed by atoms with Crippen LogP contribution in [0.3, 0.4) is 0 Å². The molecule has 0 bridgehead atoms. The van der Waals surface area contributed by atoms with Crippen molar-refractivity contribution in [1.29, 1.82) is 0 Å². The Labute approximate surface area is 112 Å². The molecule has 19 heavy (non-hydrogen) atoms. The molecular weight excluding hydrogens is 244 g/mol. The van der Waals surface area contributed by atoms with Gasteiger partial charge in [0.05, 0.1) is 5.69 Å². The second-order valence-electron chi connectivity index (χ2n) is 5.05. The van der Waals surface area contributed by atoms with Crippen LogP contribution in [0.2, 0.25) is 0 Å². The first-order valence-electron chi connectivity index (χ1n) is 6.04. The Kier molecular flexibility index (Phi) is 5.27. The molecule has 0 aromatic heterocycles. The Balaban J connectivity index is 2.43. The number of hydrogen-bond acceptors (Lipinski definition) is 4. The number of carbonyl (C=O) groups excluding carboxylic acids is 2. The summed E-state index contributed by atoms with van der Waals surface area (Å²) in [7, 11) is 0. The van der Waals surface area contributed by atoms with E-state index in [-0.39, 0.29) is 0 Å². The number of aliphatic imine (C=N–C) groups is 1. The number of amides is 1. The summed E-state index contributed by atoms with van der Waals surface area (Å²) in [5.41, 5.74) is 1.04. The maximum atomic E-state index is 11.4. The van der Waals surface area contributed by atoms with E-state index in [0.29, 0.717) is 18.7 Å². The summed E-state index contributed by atoms with van der Waals surface area (Å²) in [6, 6.07) is 7.21. The number of hydrogen-bond donors (Lipinski definition) is 1. The predicted molar refractivity (Wildman–Crippen MR) is 72.2 cm³/mol. The van der Waals surface area contributed by atoms with E-state index in [4.69, 9.17) is 4.74 Å². The minimum atomic E-state index is -0.497. The summed E-state index contributed by atoms with van der Waals surface area (Å²) in [6.07, 6.45) is 1.70. The molecule has 0 spiro atoms. The van der Waals surface area contributed by atoms with Gasteiger partial charge in [-0.3, -0.25) is 0 Å². The van der Waals surface area contributed by atoms with Gasteiger partial charge in [0, 0.05) is 6.54 Å². The highest BCUT2D eigenvalue weighted by atomic mass is 16.6.